The second-order valence-corrected chi connectivity index (χ2v) is 6.81. The second kappa shape index (κ2) is 8.77. The molecule has 7 nitrogen and oxygen atoms in total. The number of nitrogens with zero attached hydrogens (tertiary/aromatic N) is 4. The van der Waals surface area contributed by atoms with E-state index in [4.69, 9.17) is 11.6 Å². The lowest BCUT2D eigenvalue weighted by molar-refractivity contribution is -0.121. The van der Waals surface area contributed by atoms with Crippen LogP contribution in [0.2, 0.25) is 0 Å². The number of nitrogens with one attached hydrogen (secondary N) is 2. The molecule has 0 atom stereocenters. The molecule has 3 heterocycles. The summed E-state index contributed by atoms with van der Waals surface area (Å²) in [5.74, 6) is 1.26. The molecule has 3 aromatic heterocycles. The molecule has 0 spiro atoms. The molecule has 2 N–H and O–H groups in total. The van der Waals surface area contributed by atoms with Gasteiger partial charge in [0.15, 0.2) is 5.65 Å². The number of anilines is 1. The quantitative estimate of drug-likeness (QED) is 0.559. The summed E-state index contributed by atoms with van der Waals surface area (Å²) in [6.07, 6.45) is 4.41. The van der Waals surface area contributed by atoms with E-state index in [-0.39, 0.29) is 5.91 Å². The maximum absolute atomic E-state index is 11.6. The van der Waals surface area contributed by atoms with Crippen LogP contribution in [0.4, 0.5) is 5.82 Å². The number of amides is 1. The molecule has 0 aliphatic rings. The Hall–Kier alpha value is -2.19. The summed E-state index contributed by atoms with van der Waals surface area (Å²) in [4.78, 5) is 21.5. The van der Waals surface area contributed by atoms with Gasteiger partial charge in [-0.15, -0.1) is 22.9 Å². The lowest BCUT2D eigenvalue weighted by Crippen LogP contribution is -2.27. The Morgan fingerprint density at radius 3 is 3.08 bits per heavy atom. The van der Waals surface area contributed by atoms with Crippen molar-refractivity contribution in [3.8, 4) is 0 Å². The molecule has 3 aromatic rings. The van der Waals surface area contributed by atoms with Crippen LogP contribution in [0.1, 0.15) is 17.7 Å². The molecule has 25 heavy (non-hydrogen) atoms. The molecule has 0 saturated heterocycles. The zero-order chi connectivity index (χ0) is 17.5. The molecule has 0 fully saturated rings. The monoisotopic (exact) mass is 378 g/mol. The summed E-state index contributed by atoms with van der Waals surface area (Å²) in [6, 6.07) is 4.10. The van der Waals surface area contributed by atoms with Crippen molar-refractivity contribution in [3.63, 3.8) is 0 Å². The number of fused-ring (bicyclic) bond motifs is 1. The maximum atomic E-state index is 11.6. The molecule has 0 saturated carbocycles. The van der Waals surface area contributed by atoms with Crippen LogP contribution < -0.4 is 10.6 Å². The van der Waals surface area contributed by atoms with E-state index in [0.29, 0.717) is 38.4 Å². The fourth-order valence-electron chi connectivity index (χ4n) is 2.40. The SMILES string of the molecule is O=C(CCCCl)NCCn1ncc2c(NCc3cccs3)ncnc21. The van der Waals surface area contributed by atoms with Crippen LogP contribution in [-0.4, -0.2) is 38.1 Å². The van der Waals surface area contributed by atoms with Crippen LogP contribution in [0, 0.1) is 0 Å². The summed E-state index contributed by atoms with van der Waals surface area (Å²) in [5, 5.41) is 13.5. The Bertz CT molecular complexity index is 819. The summed E-state index contributed by atoms with van der Waals surface area (Å²) < 4.78 is 1.77. The Labute approximate surface area is 154 Å². The smallest absolute Gasteiger partial charge is 0.220 e. The highest BCUT2D eigenvalue weighted by Crippen LogP contribution is 2.20. The Kier molecular flexibility index (Phi) is 6.19. The van der Waals surface area contributed by atoms with Gasteiger partial charge in [0.2, 0.25) is 5.91 Å². The van der Waals surface area contributed by atoms with Crippen LogP contribution in [0.5, 0.6) is 0 Å². The number of carbonyl (C=O) groups excluding carboxylic acids is 1. The van der Waals surface area contributed by atoms with Gasteiger partial charge in [0.1, 0.15) is 12.1 Å². The van der Waals surface area contributed by atoms with Gasteiger partial charge in [-0.25, -0.2) is 14.6 Å². The van der Waals surface area contributed by atoms with Crippen LogP contribution in [0.25, 0.3) is 11.0 Å². The molecule has 0 radical (unpaired) electrons. The van der Waals surface area contributed by atoms with E-state index < -0.39 is 0 Å². The van der Waals surface area contributed by atoms with Crippen molar-refractivity contribution in [3.05, 3.63) is 34.9 Å². The minimum absolute atomic E-state index is 0.00467. The number of carbonyl (C=O) groups is 1. The zero-order valence-electron chi connectivity index (χ0n) is 13.6. The number of rotatable bonds is 9. The molecule has 0 aromatic carbocycles. The van der Waals surface area contributed by atoms with Crippen LogP contribution >= 0.6 is 22.9 Å². The highest BCUT2D eigenvalue weighted by Gasteiger charge is 2.10. The molecule has 3 rings (SSSR count). The summed E-state index contributed by atoms with van der Waals surface area (Å²) >= 11 is 7.28. The number of alkyl halides is 1. The van der Waals surface area contributed by atoms with Crippen molar-refractivity contribution in [1.29, 1.82) is 0 Å². The van der Waals surface area contributed by atoms with Crippen molar-refractivity contribution < 1.29 is 4.79 Å². The zero-order valence-corrected chi connectivity index (χ0v) is 15.2. The van der Waals surface area contributed by atoms with Gasteiger partial charge in [-0.1, -0.05) is 6.07 Å². The molecule has 0 aliphatic carbocycles. The number of thiophene rings is 1. The van der Waals surface area contributed by atoms with Gasteiger partial charge >= 0.3 is 0 Å². The first-order chi connectivity index (χ1) is 12.3. The van der Waals surface area contributed by atoms with Crippen molar-refractivity contribution in [2.24, 2.45) is 0 Å². The molecular formula is C16H19ClN6OS. The number of halogens is 1. The van der Waals surface area contributed by atoms with Crippen LogP contribution in [0.15, 0.2) is 30.0 Å². The van der Waals surface area contributed by atoms with Crippen molar-refractivity contribution in [2.75, 3.05) is 17.7 Å². The fraction of sp³-hybridized carbons (Fsp3) is 0.375. The average Bonchev–Trinajstić information content (AvgIpc) is 3.28. The normalized spacial score (nSPS) is 10.9. The molecule has 132 valence electrons. The van der Waals surface area contributed by atoms with E-state index in [0.717, 1.165) is 16.9 Å². The lowest BCUT2D eigenvalue weighted by atomic mass is 10.3. The van der Waals surface area contributed by atoms with E-state index >= 15 is 0 Å². The minimum atomic E-state index is 0.00467. The Morgan fingerprint density at radius 2 is 2.28 bits per heavy atom. The van der Waals surface area contributed by atoms with Gasteiger partial charge in [-0.3, -0.25) is 4.79 Å². The topological polar surface area (TPSA) is 84.7 Å². The van der Waals surface area contributed by atoms with Gasteiger partial charge in [0.25, 0.3) is 0 Å². The third kappa shape index (κ3) is 4.67. The minimum Gasteiger partial charge on any atom is -0.364 e. The first kappa shape index (κ1) is 17.6. The van der Waals surface area contributed by atoms with Crippen molar-refractivity contribution in [2.45, 2.75) is 25.9 Å². The van der Waals surface area contributed by atoms with E-state index in [9.17, 15) is 4.79 Å². The predicted octanol–water partition coefficient (Wildman–Crippen LogP) is 2.64. The van der Waals surface area contributed by atoms with E-state index in [2.05, 4.69) is 31.8 Å². The summed E-state index contributed by atoms with van der Waals surface area (Å²) in [5.41, 5.74) is 0.749. The van der Waals surface area contributed by atoms with Gasteiger partial charge in [-0.05, 0) is 17.9 Å². The summed E-state index contributed by atoms with van der Waals surface area (Å²) in [7, 11) is 0. The van der Waals surface area contributed by atoms with Gasteiger partial charge in [0.05, 0.1) is 24.7 Å². The largest absolute Gasteiger partial charge is 0.364 e. The van der Waals surface area contributed by atoms with Crippen LogP contribution in [-0.2, 0) is 17.9 Å². The Morgan fingerprint density at radius 1 is 1.36 bits per heavy atom. The maximum Gasteiger partial charge on any atom is 0.220 e. The number of hydrogen-bond acceptors (Lipinski definition) is 6. The number of aromatic nitrogens is 4. The third-order valence-corrected chi connectivity index (χ3v) is 4.77. The highest BCUT2D eigenvalue weighted by atomic mass is 35.5. The first-order valence-corrected chi connectivity index (χ1v) is 9.45. The van der Waals surface area contributed by atoms with Crippen molar-refractivity contribution >= 4 is 45.7 Å². The van der Waals surface area contributed by atoms with Crippen molar-refractivity contribution in [1.82, 2.24) is 25.1 Å². The van der Waals surface area contributed by atoms with Gasteiger partial charge in [0, 0.05) is 23.7 Å². The summed E-state index contributed by atoms with van der Waals surface area (Å²) in [6.45, 7) is 1.77. The highest BCUT2D eigenvalue weighted by molar-refractivity contribution is 7.09. The standard InChI is InChI=1S/C16H19ClN6OS/c17-5-1-4-14(24)18-6-7-23-16-13(10-22-23)15(20-11-21-16)19-9-12-3-2-8-25-12/h2-3,8,10-11H,1,4-7,9H2,(H,18,24)(H,19,20,21). The predicted molar refractivity (Wildman–Crippen MR) is 99.9 cm³/mol. The molecule has 0 aliphatic heterocycles. The van der Waals surface area contributed by atoms with Crippen LogP contribution in [0.3, 0.4) is 0 Å². The fourth-order valence-corrected chi connectivity index (χ4v) is 3.18. The van der Waals surface area contributed by atoms with E-state index in [1.54, 1.807) is 22.2 Å². The second-order valence-electron chi connectivity index (χ2n) is 5.40. The molecule has 9 heteroatoms. The molecule has 0 bridgehead atoms. The first-order valence-electron chi connectivity index (χ1n) is 8.03. The number of hydrogen-bond donors (Lipinski definition) is 2. The third-order valence-electron chi connectivity index (χ3n) is 3.63. The molecular weight excluding hydrogens is 360 g/mol. The van der Waals surface area contributed by atoms with Gasteiger partial charge < -0.3 is 10.6 Å². The molecule has 1 amide bonds. The average molecular weight is 379 g/mol. The van der Waals surface area contributed by atoms with E-state index in [1.807, 2.05) is 11.4 Å². The van der Waals surface area contributed by atoms with E-state index in [1.165, 1.54) is 11.2 Å². The van der Waals surface area contributed by atoms with Gasteiger partial charge in [-0.2, -0.15) is 5.10 Å². The Balaban J connectivity index is 1.61. The molecule has 0 unspecified atom stereocenters. The lowest BCUT2D eigenvalue weighted by Gasteiger charge is -2.07.